The molecule has 3 rings (SSSR count). The summed E-state index contributed by atoms with van der Waals surface area (Å²) >= 11 is 0. The number of hydrogen-bond donors (Lipinski definition) is 0. The van der Waals surface area contributed by atoms with E-state index in [1.54, 1.807) is 0 Å². The number of aliphatic imine (C=N–C) groups is 1. The molecule has 30 heavy (non-hydrogen) atoms. The average Bonchev–Trinajstić information content (AvgIpc) is 2.67. The molecule has 10 heteroatoms. The first-order valence-corrected chi connectivity index (χ1v) is 8.82. The minimum atomic E-state index is -4.96. The lowest BCUT2D eigenvalue weighted by molar-refractivity contribution is -0.144. The number of halogens is 7. The standard InChI is InChI=1S/C20H16F7NO2/c1-11(13-8-14(19(22,23)24)10-15(9-13)20(25,26)27)30-18-17(28-6-7-29-18)12-2-4-16(21)5-3-12/h2-5,8-11,18H,6-7H2,1H3/t11?,18-/m1/s1. The minimum absolute atomic E-state index is 0.0543. The van der Waals surface area contributed by atoms with Crippen molar-refractivity contribution >= 4 is 5.71 Å². The van der Waals surface area contributed by atoms with Crippen molar-refractivity contribution in [2.75, 3.05) is 13.2 Å². The molecule has 2 aromatic carbocycles. The highest BCUT2D eigenvalue weighted by atomic mass is 19.4. The average molecular weight is 435 g/mol. The van der Waals surface area contributed by atoms with Gasteiger partial charge in [0, 0.05) is 5.56 Å². The van der Waals surface area contributed by atoms with Crippen molar-refractivity contribution in [1.82, 2.24) is 0 Å². The van der Waals surface area contributed by atoms with Gasteiger partial charge in [-0.05, 0) is 42.8 Å². The largest absolute Gasteiger partial charge is 0.416 e. The Bertz CT molecular complexity index is 888. The lowest BCUT2D eigenvalue weighted by Crippen LogP contribution is -2.34. The summed E-state index contributed by atoms with van der Waals surface area (Å²) in [5.74, 6) is -0.481. The van der Waals surface area contributed by atoms with Crippen molar-refractivity contribution < 1.29 is 40.2 Å². The molecule has 2 atom stereocenters. The molecule has 0 aliphatic carbocycles. The fourth-order valence-electron chi connectivity index (χ4n) is 2.91. The lowest BCUT2D eigenvalue weighted by atomic mass is 10.0. The molecular weight excluding hydrogens is 419 g/mol. The number of nitrogens with zero attached hydrogens (tertiary/aromatic N) is 1. The molecule has 0 bridgehead atoms. The first-order valence-electron chi connectivity index (χ1n) is 8.82. The molecule has 1 aliphatic rings. The summed E-state index contributed by atoms with van der Waals surface area (Å²) in [7, 11) is 0. The predicted octanol–water partition coefficient (Wildman–Crippen LogP) is 5.79. The Balaban J connectivity index is 1.90. The zero-order valence-corrected chi connectivity index (χ0v) is 15.5. The Hall–Kier alpha value is -2.46. The summed E-state index contributed by atoms with van der Waals surface area (Å²) < 4.78 is 103. The maximum Gasteiger partial charge on any atom is 0.416 e. The Kier molecular flexibility index (Phi) is 6.19. The van der Waals surface area contributed by atoms with Crippen LogP contribution < -0.4 is 0 Å². The van der Waals surface area contributed by atoms with E-state index in [-0.39, 0.29) is 30.5 Å². The molecular formula is C20H16F7NO2. The van der Waals surface area contributed by atoms with Crippen LogP contribution >= 0.6 is 0 Å². The van der Waals surface area contributed by atoms with E-state index in [2.05, 4.69) is 4.99 Å². The molecule has 1 heterocycles. The van der Waals surface area contributed by atoms with Gasteiger partial charge in [0.1, 0.15) is 5.82 Å². The van der Waals surface area contributed by atoms with Crippen LogP contribution in [0.4, 0.5) is 30.7 Å². The van der Waals surface area contributed by atoms with E-state index < -0.39 is 41.7 Å². The van der Waals surface area contributed by atoms with Gasteiger partial charge in [0.15, 0.2) is 0 Å². The molecule has 1 unspecified atom stereocenters. The van der Waals surface area contributed by atoms with Gasteiger partial charge in [0.2, 0.25) is 6.29 Å². The zero-order chi connectivity index (χ0) is 22.1. The van der Waals surface area contributed by atoms with Crippen LogP contribution in [-0.2, 0) is 21.8 Å². The summed E-state index contributed by atoms with van der Waals surface area (Å²) in [6.07, 6.45) is -12.2. The van der Waals surface area contributed by atoms with Gasteiger partial charge in [-0.3, -0.25) is 4.99 Å². The van der Waals surface area contributed by atoms with Gasteiger partial charge in [-0.1, -0.05) is 12.1 Å². The van der Waals surface area contributed by atoms with E-state index in [0.29, 0.717) is 17.7 Å². The molecule has 0 saturated carbocycles. The van der Waals surface area contributed by atoms with Crippen LogP contribution in [0, 0.1) is 5.82 Å². The number of ether oxygens (including phenoxy) is 2. The Morgan fingerprint density at radius 1 is 0.967 bits per heavy atom. The molecule has 0 amide bonds. The Morgan fingerprint density at radius 3 is 2.07 bits per heavy atom. The molecule has 1 aliphatic heterocycles. The maximum atomic E-state index is 13.2. The third kappa shape index (κ3) is 5.17. The van der Waals surface area contributed by atoms with E-state index in [4.69, 9.17) is 9.47 Å². The van der Waals surface area contributed by atoms with Crippen LogP contribution in [0.25, 0.3) is 0 Å². The van der Waals surface area contributed by atoms with E-state index in [1.807, 2.05) is 0 Å². The quantitative estimate of drug-likeness (QED) is 0.570. The van der Waals surface area contributed by atoms with E-state index in [0.717, 1.165) is 0 Å². The first kappa shape index (κ1) is 22.2. The molecule has 0 N–H and O–H groups in total. The highest BCUT2D eigenvalue weighted by molar-refractivity contribution is 6.03. The molecule has 2 aromatic rings. The topological polar surface area (TPSA) is 30.8 Å². The van der Waals surface area contributed by atoms with Gasteiger partial charge in [0.25, 0.3) is 0 Å². The van der Waals surface area contributed by atoms with Gasteiger partial charge in [0.05, 0.1) is 36.1 Å². The van der Waals surface area contributed by atoms with Crippen LogP contribution in [0.15, 0.2) is 47.5 Å². The van der Waals surface area contributed by atoms with Gasteiger partial charge >= 0.3 is 12.4 Å². The molecule has 0 radical (unpaired) electrons. The Labute approximate surface area is 167 Å². The molecule has 0 spiro atoms. The monoisotopic (exact) mass is 435 g/mol. The SMILES string of the molecule is CC(O[C@H]1OCCN=C1c1ccc(F)cc1)c1cc(C(F)(F)F)cc(C(F)(F)F)c1. The number of benzene rings is 2. The van der Waals surface area contributed by atoms with E-state index in [9.17, 15) is 30.7 Å². The molecule has 3 nitrogen and oxygen atoms in total. The third-order valence-electron chi connectivity index (χ3n) is 4.41. The second-order valence-electron chi connectivity index (χ2n) is 6.59. The van der Waals surface area contributed by atoms with Gasteiger partial charge in [-0.2, -0.15) is 26.3 Å². The molecule has 0 saturated heterocycles. The van der Waals surface area contributed by atoms with Gasteiger partial charge in [-0.25, -0.2) is 4.39 Å². The minimum Gasteiger partial charge on any atom is -0.345 e. The number of rotatable bonds is 4. The summed E-state index contributed by atoms with van der Waals surface area (Å²) in [6.45, 7) is 1.75. The fraction of sp³-hybridized carbons (Fsp3) is 0.350. The third-order valence-corrected chi connectivity index (χ3v) is 4.41. The normalized spacial score (nSPS) is 18.8. The van der Waals surface area contributed by atoms with Gasteiger partial charge in [-0.15, -0.1) is 0 Å². The fourth-order valence-corrected chi connectivity index (χ4v) is 2.91. The number of hydrogen-bond acceptors (Lipinski definition) is 3. The summed E-state index contributed by atoms with van der Waals surface area (Å²) in [5.41, 5.74) is -2.44. The zero-order valence-electron chi connectivity index (χ0n) is 15.5. The smallest absolute Gasteiger partial charge is 0.345 e. The number of alkyl halides is 6. The summed E-state index contributed by atoms with van der Waals surface area (Å²) in [6, 6.07) is 6.50. The van der Waals surface area contributed by atoms with Crippen molar-refractivity contribution in [1.29, 1.82) is 0 Å². The summed E-state index contributed by atoms with van der Waals surface area (Å²) in [5, 5.41) is 0. The van der Waals surface area contributed by atoms with Crippen molar-refractivity contribution in [3.8, 4) is 0 Å². The molecule has 0 fully saturated rings. The van der Waals surface area contributed by atoms with Crippen LogP contribution in [0.3, 0.4) is 0 Å². The van der Waals surface area contributed by atoms with Crippen LogP contribution in [-0.4, -0.2) is 25.2 Å². The van der Waals surface area contributed by atoms with Crippen LogP contribution in [0.5, 0.6) is 0 Å². The second-order valence-corrected chi connectivity index (χ2v) is 6.59. The molecule has 162 valence electrons. The second kappa shape index (κ2) is 8.35. The van der Waals surface area contributed by atoms with E-state index >= 15 is 0 Å². The van der Waals surface area contributed by atoms with E-state index in [1.165, 1.54) is 31.2 Å². The highest BCUT2D eigenvalue weighted by Gasteiger charge is 2.37. The maximum absolute atomic E-state index is 13.2. The molecule has 0 aromatic heterocycles. The van der Waals surface area contributed by atoms with Crippen LogP contribution in [0.1, 0.15) is 35.3 Å². The Morgan fingerprint density at radius 2 is 1.53 bits per heavy atom. The van der Waals surface area contributed by atoms with Crippen molar-refractivity contribution in [3.05, 3.63) is 70.5 Å². The first-order chi connectivity index (χ1) is 13.9. The summed E-state index contributed by atoms with van der Waals surface area (Å²) in [4.78, 5) is 4.26. The van der Waals surface area contributed by atoms with Crippen LogP contribution in [0.2, 0.25) is 0 Å². The van der Waals surface area contributed by atoms with Gasteiger partial charge < -0.3 is 9.47 Å². The lowest BCUT2D eigenvalue weighted by Gasteiger charge is -2.28. The van der Waals surface area contributed by atoms with Crippen molar-refractivity contribution in [2.24, 2.45) is 4.99 Å². The highest BCUT2D eigenvalue weighted by Crippen LogP contribution is 2.38. The van der Waals surface area contributed by atoms with Crippen molar-refractivity contribution in [3.63, 3.8) is 0 Å². The van der Waals surface area contributed by atoms with Crippen molar-refractivity contribution in [2.45, 2.75) is 31.7 Å². The predicted molar refractivity (Wildman–Crippen MR) is 93.5 cm³/mol.